The third kappa shape index (κ3) is 2.35. The molecule has 2 unspecified atom stereocenters. The van der Waals surface area contributed by atoms with Crippen LogP contribution in [0.4, 0.5) is 0 Å². The molecule has 1 aromatic carbocycles. The van der Waals surface area contributed by atoms with E-state index in [9.17, 15) is 0 Å². The second-order valence-electron chi connectivity index (χ2n) is 4.64. The molecular formula is C13H18ClN. The van der Waals surface area contributed by atoms with Gasteiger partial charge in [0.2, 0.25) is 0 Å². The quantitative estimate of drug-likeness (QED) is 0.812. The van der Waals surface area contributed by atoms with Crippen molar-refractivity contribution in [2.45, 2.75) is 25.7 Å². The first-order valence-electron chi connectivity index (χ1n) is 5.63. The van der Waals surface area contributed by atoms with Gasteiger partial charge in [-0.05, 0) is 55.0 Å². The smallest absolute Gasteiger partial charge is 0.0409 e. The highest BCUT2D eigenvalue weighted by Crippen LogP contribution is 2.35. The third-order valence-corrected chi connectivity index (χ3v) is 3.49. The lowest BCUT2D eigenvalue weighted by molar-refractivity contribution is 0.422. The Balaban J connectivity index is 2.34. The Morgan fingerprint density at radius 1 is 1.47 bits per heavy atom. The van der Waals surface area contributed by atoms with E-state index >= 15 is 0 Å². The van der Waals surface area contributed by atoms with Crippen molar-refractivity contribution in [1.29, 1.82) is 0 Å². The maximum absolute atomic E-state index is 6.06. The van der Waals surface area contributed by atoms with E-state index < -0.39 is 0 Å². The van der Waals surface area contributed by atoms with Gasteiger partial charge in [-0.1, -0.05) is 24.6 Å². The summed E-state index contributed by atoms with van der Waals surface area (Å²) in [5.41, 5.74) is 2.94. The minimum atomic E-state index is 0.632. The van der Waals surface area contributed by atoms with Crippen LogP contribution < -0.4 is 5.32 Å². The molecule has 0 bridgehead atoms. The molecule has 1 N–H and O–H groups in total. The van der Waals surface area contributed by atoms with E-state index in [1.807, 2.05) is 13.1 Å². The van der Waals surface area contributed by atoms with E-state index in [1.54, 1.807) is 0 Å². The summed E-state index contributed by atoms with van der Waals surface area (Å²) < 4.78 is 0. The summed E-state index contributed by atoms with van der Waals surface area (Å²) in [6.07, 6.45) is 2.47. The molecule has 0 aromatic heterocycles. The maximum atomic E-state index is 6.06. The Kier molecular flexibility index (Phi) is 3.32. The first-order chi connectivity index (χ1) is 7.20. The van der Waals surface area contributed by atoms with Crippen LogP contribution in [0.3, 0.4) is 0 Å². The van der Waals surface area contributed by atoms with Crippen molar-refractivity contribution < 1.29 is 0 Å². The van der Waals surface area contributed by atoms with Crippen LogP contribution in [-0.2, 0) is 6.42 Å². The summed E-state index contributed by atoms with van der Waals surface area (Å²) in [6, 6.07) is 6.34. The van der Waals surface area contributed by atoms with E-state index in [0.717, 1.165) is 17.5 Å². The Morgan fingerprint density at radius 3 is 3.00 bits per heavy atom. The zero-order valence-electron chi connectivity index (χ0n) is 9.39. The van der Waals surface area contributed by atoms with E-state index in [2.05, 4.69) is 24.4 Å². The van der Waals surface area contributed by atoms with Crippen LogP contribution >= 0.6 is 11.6 Å². The van der Waals surface area contributed by atoms with Gasteiger partial charge < -0.3 is 5.32 Å². The highest BCUT2D eigenvalue weighted by atomic mass is 35.5. The summed E-state index contributed by atoms with van der Waals surface area (Å²) >= 11 is 6.06. The van der Waals surface area contributed by atoms with Crippen molar-refractivity contribution in [3.63, 3.8) is 0 Å². The van der Waals surface area contributed by atoms with Gasteiger partial charge in [0, 0.05) is 11.6 Å². The number of nitrogens with one attached hydrogen (secondary N) is 1. The number of hydrogen-bond donors (Lipinski definition) is 1. The van der Waals surface area contributed by atoms with Crippen LogP contribution in [0.25, 0.3) is 0 Å². The standard InChI is InChI=1S/C13H18ClN/c1-9-5-10-3-4-12(14)7-13(10)11(6-9)8-15-2/h3-4,7,9,11,15H,5-6,8H2,1-2H3. The lowest BCUT2D eigenvalue weighted by atomic mass is 9.77. The Labute approximate surface area is 96.8 Å². The van der Waals surface area contributed by atoms with Crippen molar-refractivity contribution >= 4 is 11.6 Å². The van der Waals surface area contributed by atoms with Crippen LogP contribution in [0, 0.1) is 5.92 Å². The van der Waals surface area contributed by atoms with Crippen LogP contribution in [-0.4, -0.2) is 13.6 Å². The molecule has 0 heterocycles. The Bertz CT molecular complexity index is 348. The van der Waals surface area contributed by atoms with Crippen molar-refractivity contribution in [2.24, 2.45) is 5.92 Å². The number of likely N-dealkylation sites (N-methyl/N-ethyl adjacent to an activating group) is 1. The fourth-order valence-corrected chi connectivity index (χ4v) is 2.82. The molecule has 1 aromatic rings. The first kappa shape index (κ1) is 11.0. The van der Waals surface area contributed by atoms with Crippen molar-refractivity contribution in [1.82, 2.24) is 5.32 Å². The number of hydrogen-bond acceptors (Lipinski definition) is 1. The lowest BCUT2D eigenvalue weighted by Gasteiger charge is -2.29. The molecule has 15 heavy (non-hydrogen) atoms. The molecule has 2 heteroatoms. The summed E-state index contributed by atoms with van der Waals surface area (Å²) in [6.45, 7) is 3.39. The minimum Gasteiger partial charge on any atom is -0.319 e. The number of rotatable bonds is 2. The second-order valence-corrected chi connectivity index (χ2v) is 5.08. The minimum absolute atomic E-state index is 0.632. The van der Waals surface area contributed by atoms with Gasteiger partial charge in [0.05, 0.1) is 0 Å². The second kappa shape index (κ2) is 4.54. The highest BCUT2D eigenvalue weighted by Gasteiger charge is 2.23. The Morgan fingerprint density at radius 2 is 2.27 bits per heavy atom. The predicted octanol–water partition coefficient (Wildman–Crippen LogP) is 3.23. The van der Waals surface area contributed by atoms with E-state index in [1.165, 1.54) is 24.0 Å². The molecule has 0 aliphatic heterocycles. The molecule has 1 nitrogen and oxygen atoms in total. The average molecular weight is 224 g/mol. The third-order valence-electron chi connectivity index (χ3n) is 3.25. The van der Waals surface area contributed by atoms with Crippen molar-refractivity contribution in [2.75, 3.05) is 13.6 Å². The molecule has 2 rings (SSSR count). The number of benzene rings is 1. The first-order valence-corrected chi connectivity index (χ1v) is 6.01. The molecule has 2 atom stereocenters. The SMILES string of the molecule is CNCC1CC(C)Cc2ccc(Cl)cc21. The molecule has 1 aliphatic rings. The number of halogens is 1. The molecular weight excluding hydrogens is 206 g/mol. The normalized spacial score (nSPS) is 25.0. The van der Waals surface area contributed by atoms with Gasteiger partial charge in [0.1, 0.15) is 0 Å². The molecule has 1 aliphatic carbocycles. The van der Waals surface area contributed by atoms with Gasteiger partial charge in [0.25, 0.3) is 0 Å². The molecule has 0 saturated heterocycles. The fraction of sp³-hybridized carbons (Fsp3) is 0.538. The highest BCUT2D eigenvalue weighted by molar-refractivity contribution is 6.30. The van der Waals surface area contributed by atoms with Crippen LogP contribution in [0.2, 0.25) is 5.02 Å². The van der Waals surface area contributed by atoms with E-state index in [0.29, 0.717) is 5.92 Å². The van der Waals surface area contributed by atoms with Gasteiger partial charge >= 0.3 is 0 Å². The summed E-state index contributed by atoms with van der Waals surface area (Å²) in [5, 5.41) is 4.14. The van der Waals surface area contributed by atoms with E-state index in [-0.39, 0.29) is 0 Å². The topological polar surface area (TPSA) is 12.0 Å². The predicted molar refractivity (Wildman–Crippen MR) is 65.6 cm³/mol. The molecule has 0 amide bonds. The van der Waals surface area contributed by atoms with Gasteiger partial charge in [-0.25, -0.2) is 0 Å². The van der Waals surface area contributed by atoms with Crippen LogP contribution in [0.1, 0.15) is 30.4 Å². The summed E-state index contributed by atoms with van der Waals surface area (Å²) in [4.78, 5) is 0. The summed E-state index contributed by atoms with van der Waals surface area (Å²) in [5.74, 6) is 1.42. The molecule has 82 valence electrons. The molecule has 0 saturated carbocycles. The molecule has 0 spiro atoms. The van der Waals surface area contributed by atoms with Gasteiger partial charge in [-0.3, -0.25) is 0 Å². The monoisotopic (exact) mass is 223 g/mol. The lowest BCUT2D eigenvalue weighted by Crippen LogP contribution is -2.24. The summed E-state index contributed by atoms with van der Waals surface area (Å²) in [7, 11) is 2.02. The maximum Gasteiger partial charge on any atom is 0.0409 e. The van der Waals surface area contributed by atoms with Crippen LogP contribution in [0.5, 0.6) is 0 Å². The zero-order chi connectivity index (χ0) is 10.8. The van der Waals surface area contributed by atoms with Crippen LogP contribution in [0.15, 0.2) is 18.2 Å². The number of fused-ring (bicyclic) bond motifs is 1. The van der Waals surface area contributed by atoms with Crippen molar-refractivity contribution in [3.8, 4) is 0 Å². The van der Waals surface area contributed by atoms with Gasteiger partial charge in [-0.15, -0.1) is 0 Å². The fourth-order valence-electron chi connectivity index (χ4n) is 2.64. The molecule has 0 fully saturated rings. The Hall–Kier alpha value is -0.530. The van der Waals surface area contributed by atoms with Gasteiger partial charge in [-0.2, -0.15) is 0 Å². The van der Waals surface area contributed by atoms with Crippen molar-refractivity contribution in [3.05, 3.63) is 34.3 Å². The largest absolute Gasteiger partial charge is 0.319 e. The zero-order valence-corrected chi connectivity index (χ0v) is 10.1. The molecule has 0 radical (unpaired) electrons. The average Bonchev–Trinajstić information content (AvgIpc) is 2.19. The van der Waals surface area contributed by atoms with Gasteiger partial charge in [0.15, 0.2) is 0 Å². The van der Waals surface area contributed by atoms with E-state index in [4.69, 9.17) is 11.6 Å².